The molecule has 130 valence electrons. The van der Waals surface area contributed by atoms with E-state index in [-0.39, 0.29) is 17.5 Å². The van der Waals surface area contributed by atoms with Crippen molar-refractivity contribution >= 4 is 24.4 Å². The highest BCUT2D eigenvalue weighted by molar-refractivity contribution is 7.19. The van der Waals surface area contributed by atoms with Gasteiger partial charge in [-0.1, -0.05) is 20.8 Å². The summed E-state index contributed by atoms with van der Waals surface area (Å²) in [5, 5.41) is 0. The van der Waals surface area contributed by atoms with Crippen LogP contribution in [-0.2, 0) is 9.53 Å². The summed E-state index contributed by atoms with van der Waals surface area (Å²) < 4.78 is 5.92. The molecule has 0 amide bonds. The van der Waals surface area contributed by atoms with E-state index in [4.69, 9.17) is 10.5 Å². The molecule has 0 aromatic rings. The molecule has 5 heteroatoms. The van der Waals surface area contributed by atoms with E-state index in [2.05, 4.69) is 39.3 Å². The molecule has 5 unspecified atom stereocenters. The maximum absolute atomic E-state index is 13.0. The topological polar surface area (TPSA) is 52.3 Å². The van der Waals surface area contributed by atoms with Crippen LogP contribution in [0, 0.1) is 10.8 Å². The minimum Gasteiger partial charge on any atom is -0.462 e. The third kappa shape index (κ3) is 5.43. The molecule has 2 N–H and O–H groups in total. The summed E-state index contributed by atoms with van der Waals surface area (Å²) in [6.45, 7) is 12.2. The minimum absolute atomic E-state index is 0.00731. The minimum atomic E-state index is -0.685. The van der Waals surface area contributed by atoms with Crippen LogP contribution in [0.3, 0.4) is 0 Å². The van der Waals surface area contributed by atoms with Crippen molar-refractivity contribution in [2.75, 3.05) is 0 Å². The SMILES string of the molecule is CC(C)(C)CC(C)(C(=O)OC1CC(P)CC(P)C1)C(C)(C)N. The first-order valence-electron chi connectivity index (χ1n) is 8.26. The lowest BCUT2D eigenvalue weighted by molar-refractivity contribution is -0.168. The molecule has 0 heterocycles. The molecule has 0 saturated heterocycles. The zero-order valence-electron chi connectivity index (χ0n) is 15.1. The van der Waals surface area contributed by atoms with Crippen LogP contribution in [0.5, 0.6) is 0 Å². The van der Waals surface area contributed by atoms with Gasteiger partial charge in [0.05, 0.1) is 5.41 Å². The van der Waals surface area contributed by atoms with Gasteiger partial charge in [-0.25, -0.2) is 0 Å². The molecule has 0 spiro atoms. The van der Waals surface area contributed by atoms with Crippen molar-refractivity contribution in [1.29, 1.82) is 0 Å². The summed E-state index contributed by atoms with van der Waals surface area (Å²) >= 11 is 0. The van der Waals surface area contributed by atoms with Gasteiger partial charge in [-0.05, 0) is 63.2 Å². The van der Waals surface area contributed by atoms with Gasteiger partial charge >= 0.3 is 5.97 Å². The molecule has 5 atom stereocenters. The molecule has 0 bridgehead atoms. The second-order valence-electron chi connectivity index (χ2n) is 9.05. The van der Waals surface area contributed by atoms with Crippen molar-refractivity contribution < 1.29 is 9.53 Å². The summed E-state index contributed by atoms with van der Waals surface area (Å²) in [6.07, 6.45) is 3.73. The molecule has 3 nitrogen and oxygen atoms in total. The molecular weight excluding hydrogens is 312 g/mol. The first-order chi connectivity index (χ1) is 9.74. The van der Waals surface area contributed by atoms with E-state index >= 15 is 0 Å². The number of carbonyl (C=O) groups excluding carboxylic acids is 1. The number of hydrogen-bond donors (Lipinski definition) is 1. The number of esters is 1. The third-order valence-corrected chi connectivity index (χ3v) is 5.86. The van der Waals surface area contributed by atoms with E-state index in [0.717, 1.165) is 19.3 Å². The maximum Gasteiger partial charge on any atom is 0.313 e. The fourth-order valence-corrected chi connectivity index (χ4v) is 4.97. The summed E-state index contributed by atoms with van der Waals surface area (Å²) in [5.74, 6) is -0.142. The smallest absolute Gasteiger partial charge is 0.313 e. The Morgan fingerprint density at radius 1 is 1.05 bits per heavy atom. The van der Waals surface area contributed by atoms with Crippen molar-refractivity contribution in [2.24, 2.45) is 16.6 Å². The van der Waals surface area contributed by atoms with Crippen LogP contribution in [0.2, 0.25) is 0 Å². The Morgan fingerprint density at radius 2 is 1.50 bits per heavy atom. The van der Waals surface area contributed by atoms with E-state index < -0.39 is 11.0 Å². The number of nitrogens with two attached hydrogens (primary N) is 1. The lowest BCUT2D eigenvalue weighted by Gasteiger charge is -2.44. The lowest BCUT2D eigenvalue weighted by atomic mass is 9.65. The van der Waals surface area contributed by atoms with Gasteiger partial charge in [-0.3, -0.25) is 4.79 Å². The number of carbonyl (C=O) groups is 1. The second kappa shape index (κ2) is 7.04. The molecule has 1 aliphatic carbocycles. The van der Waals surface area contributed by atoms with Crippen molar-refractivity contribution in [2.45, 2.75) is 90.2 Å². The molecule has 1 aliphatic rings. The van der Waals surface area contributed by atoms with E-state index in [1.165, 1.54) is 0 Å². The quantitative estimate of drug-likeness (QED) is 0.622. The number of hydrogen-bond acceptors (Lipinski definition) is 3. The van der Waals surface area contributed by atoms with Crippen LogP contribution in [0.15, 0.2) is 0 Å². The highest BCUT2D eigenvalue weighted by Crippen LogP contribution is 2.42. The average Bonchev–Trinajstić information content (AvgIpc) is 2.22. The predicted octanol–water partition coefficient (Wildman–Crippen LogP) is 3.75. The van der Waals surface area contributed by atoms with Crippen LogP contribution in [0.25, 0.3) is 0 Å². The monoisotopic (exact) mass is 347 g/mol. The van der Waals surface area contributed by atoms with Crippen molar-refractivity contribution in [3.05, 3.63) is 0 Å². The van der Waals surface area contributed by atoms with E-state index in [1.807, 2.05) is 20.8 Å². The first kappa shape index (κ1) is 20.3. The molecule has 0 aromatic heterocycles. The molecule has 0 aliphatic heterocycles. The van der Waals surface area contributed by atoms with E-state index in [0.29, 0.717) is 17.7 Å². The van der Waals surface area contributed by atoms with E-state index in [1.54, 1.807) is 0 Å². The van der Waals surface area contributed by atoms with Crippen LogP contribution in [0.1, 0.15) is 67.2 Å². The standard InChI is InChI=1S/C17H35NO2P2/c1-15(2,3)10-17(6,16(4,5)18)14(19)20-11-7-12(21)9-13(22)8-11/h11-13H,7-10,18,21-22H2,1-6H3. The lowest BCUT2D eigenvalue weighted by Crippen LogP contribution is -2.56. The van der Waals surface area contributed by atoms with Crippen molar-refractivity contribution in [3.8, 4) is 0 Å². The van der Waals surface area contributed by atoms with Gasteiger partial charge in [-0.15, -0.1) is 18.5 Å². The van der Waals surface area contributed by atoms with Crippen LogP contribution >= 0.6 is 18.5 Å². The van der Waals surface area contributed by atoms with Gasteiger partial charge in [0, 0.05) is 5.54 Å². The highest BCUT2D eigenvalue weighted by Gasteiger charge is 2.49. The first-order valence-corrected chi connectivity index (χ1v) is 9.59. The number of ether oxygens (including phenoxy) is 1. The average molecular weight is 347 g/mol. The Balaban J connectivity index is 2.89. The van der Waals surface area contributed by atoms with Gasteiger partial charge in [0.1, 0.15) is 6.10 Å². The fourth-order valence-electron chi connectivity index (χ4n) is 3.35. The molecular formula is C17H35NO2P2. The third-order valence-electron chi connectivity index (χ3n) is 4.77. The Hall–Kier alpha value is 0.290. The highest BCUT2D eigenvalue weighted by atomic mass is 31.0. The Morgan fingerprint density at radius 3 is 1.86 bits per heavy atom. The zero-order chi connectivity index (χ0) is 17.3. The summed E-state index contributed by atoms with van der Waals surface area (Å²) in [5.41, 5.74) is 6.13. The van der Waals surface area contributed by atoms with Crippen molar-refractivity contribution in [1.82, 2.24) is 0 Å². The predicted molar refractivity (Wildman–Crippen MR) is 101 cm³/mol. The molecule has 1 fully saturated rings. The van der Waals surface area contributed by atoms with Gasteiger partial charge in [0.2, 0.25) is 0 Å². The molecule has 1 saturated carbocycles. The summed E-state index contributed by atoms with van der Waals surface area (Å²) in [7, 11) is 5.74. The van der Waals surface area contributed by atoms with Gasteiger partial charge < -0.3 is 10.5 Å². The summed E-state index contributed by atoms with van der Waals surface area (Å²) in [6, 6.07) is 0. The van der Waals surface area contributed by atoms with Gasteiger partial charge in [0.15, 0.2) is 0 Å². The normalized spacial score (nSPS) is 29.8. The van der Waals surface area contributed by atoms with E-state index in [9.17, 15) is 4.79 Å². The van der Waals surface area contributed by atoms with Gasteiger partial charge in [0.25, 0.3) is 0 Å². The maximum atomic E-state index is 13.0. The van der Waals surface area contributed by atoms with Crippen LogP contribution < -0.4 is 5.73 Å². The van der Waals surface area contributed by atoms with Crippen LogP contribution in [-0.4, -0.2) is 28.9 Å². The zero-order valence-corrected chi connectivity index (χ0v) is 17.4. The fraction of sp³-hybridized carbons (Fsp3) is 0.941. The Kier molecular flexibility index (Phi) is 6.51. The largest absolute Gasteiger partial charge is 0.462 e. The number of rotatable bonds is 4. The Bertz CT molecular complexity index is 390. The second-order valence-corrected chi connectivity index (χ2v) is 10.9. The molecule has 1 rings (SSSR count). The Labute approximate surface area is 141 Å². The molecule has 0 aromatic carbocycles. The summed E-state index contributed by atoms with van der Waals surface area (Å²) in [4.78, 5) is 13.0. The molecule has 0 radical (unpaired) electrons. The molecule has 22 heavy (non-hydrogen) atoms. The van der Waals surface area contributed by atoms with Crippen LogP contribution in [0.4, 0.5) is 0 Å². The van der Waals surface area contributed by atoms with Gasteiger partial charge in [-0.2, -0.15) is 0 Å². The van der Waals surface area contributed by atoms with Crippen molar-refractivity contribution in [3.63, 3.8) is 0 Å².